The zero-order valence-electron chi connectivity index (χ0n) is 20.8. The molecular weight excluding hydrogens is 502 g/mol. The maximum absolute atomic E-state index is 16.0. The highest BCUT2D eigenvalue weighted by Crippen LogP contribution is 2.35. The molecule has 11 heteroatoms. The molecule has 0 fully saturated rings. The summed E-state index contributed by atoms with van der Waals surface area (Å²) in [6, 6.07) is 9.71. The zero-order chi connectivity index (χ0) is 26.9. The van der Waals surface area contributed by atoms with Gasteiger partial charge in [0.15, 0.2) is 17.1 Å². The van der Waals surface area contributed by atoms with E-state index in [1.807, 2.05) is 6.92 Å². The number of amides is 1. The quantitative estimate of drug-likeness (QED) is 0.234. The molecule has 5 aromatic heterocycles. The van der Waals surface area contributed by atoms with E-state index in [4.69, 9.17) is 0 Å². The minimum Gasteiger partial charge on any atom is -0.325 e. The summed E-state index contributed by atoms with van der Waals surface area (Å²) >= 11 is 0. The van der Waals surface area contributed by atoms with Gasteiger partial charge in [-0.15, -0.1) is 0 Å². The number of hydrogen-bond donors (Lipinski definition) is 3. The number of hydrogen-bond acceptors (Lipinski definition) is 6. The Balaban J connectivity index is 1.42. The third-order valence-corrected chi connectivity index (χ3v) is 6.39. The molecule has 0 saturated heterocycles. The minimum atomic E-state index is -0.581. The molecule has 0 aliphatic carbocycles. The highest BCUT2D eigenvalue weighted by molar-refractivity contribution is 5.97. The van der Waals surface area contributed by atoms with E-state index in [2.05, 4.69) is 40.4 Å². The molecule has 5 heterocycles. The Morgan fingerprint density at radius 3 is 2.72 bits per heavy atom. The van der Waals surface area contributed by atoms with Crippen molar-refractivity contribution < 1.29 is 13.6 Å². The van der Waals surface area contributed by atoms with Gasteiger partial charge < -0.3 is 10.3 Å². The van der Waals surface area contributed by atoms with E-state index >= 15 is 4.39 Å². The molecule has 0 spiro atoms. The van der Waals surface area contributed by atoms with Crippen LogP contribution in [0.15, 0.2) is 61.2 Å². The maximum atomic E-state index is 16.0. The Bertz CT molecular complexity index is 1840. The molecule has 0 aliphatic rings. The topological polar surface area (TPSA) is 125 Å². The van der Waals surface area contributed by atoms with Crippen molar-refractivity contribution in [3.63, 3.8) is 0 Å². The Hall–Kier alpha value is -5.06. The number of nitrogens with zero attached hydrogens (tertiary/aromatic N) is 5. The van der Waals surface area contributed by atoms with Crippen LogP contribution in [-0.2, 0) is 4.79 Å². The van der Waals surface area contributed by atoms with Gasteiger partial charge in [-0.3, -0.25) is 14.9 Å². The molecule has 0 saturated carbocycles. The lowest BCUT2D eigenvalue weighted by atomic mass is 10.1. The number of pyridine rings is 3. The SMILES string of the molecule is CCCCC(=O)Nc1cncc(-c2cnc3[nH]nc(-c4nc5c(-c6ccccc6F)ccnc5[nH]4)c3c2F)c1. The number of carbonyl (C=O) groups excluding carboxylic acids is 1. The van der Waals surface area contributed by atoms with Crippen LogP contribution in [0.25, 0.3) is 56.0 Å². The van der Waals surface area contributed by atoms with Crippen LogP contribution in [0.1, 0.15) is 26.2 Å². The second-order valence-electron chi connectivity index (χ2n) is 9.02. The average Bonchev–Trinajstić information content (AvgIpc) is 3.57. The second kappa shape index (κ2) is 10.0. The highest BCUT2D eigenvalue weighted by Gasteiger charge is 2.22. The first kappa shape index (κ1) is 24.3. The zero-order valence-corrected chi connectivity index (χ0v) is 20.8. The lowest BCUT2D eigenvalue weighted by molar-refractivity contribution is -0.116. The van der Waals surface area contributed by atoms with Gasteiger partial charge in [-0.2, -0.15) is 5.10 Å². The molecule has 0 aliphatic heterocycles. The first-order valence-electron chi connectivity index (χ1n) is 12.4. The average molecular weight is 525 g/mol. The van der Waals surface area contributed by atoms with Crippen molar-refractivity contribution in [3.8, 4) is 33.8 Å². The number of carbonyl (C=O) groups is 1. The molecule has 194 valence electrons. The number of benzene rings is 1. The third kappa shape index (κ3) is 4.48. The Kier molecular flexibility index (Phi) is 6.23. The molecule has 6 aromatic rings. The smallest absolute Gasteiger partial charge is 0.224 e. The van der Waals surface area contributed by atoms with Crippen LogP contribution >= 0.6 is 0 Å². The standard InChI is InChI=1S/C28H22F2N8O/c1-2-3-8-21(39)34-16-11-15(12-31-13-16)19-14-33-26-22(23(19)30)25(37-38-26)28-35-24-18(9-10-32-27(24)36-28)17-6-4-5-7-20(17)29/h4-7,9-14H,2-3,8H2,1H3,(H,34,39)(H,32,35,36)(H,33,37,38). The second-order valence-corrected chi connectivity index (χ2v) is 9.02. The van der Waals surface area contributed by atoms with E-state index in [9.17, 15) is 9.18 Å². The van der Waals surface area contributed by atoms with Gasteiger partial charge in [0.05, 0.1) is 17.3 Å². The van der Waals surface area contributed by atoms with Crippen molar-refractivity contribution in [2.75, 3.05) is 5.32 Å². The summed E-state index contributed by atoms with van der Waals surface area (Å²) in [5.41, 5.74) is 3.26. The van der Waals surface area contributed by atoms with Crippen LogP contribution in [0.2, 0.25) is 0 Å². The van der Waals surface area contributed by atoms with Crippen LogP contribution in [0.3, 0.4) is 0 Å². The van der Waals surface area contributed by atoms with Crippen LogP contribution in [-0.4, -0.2) is 41.0 Å². The van der Waals surface area contributed by atoms with Gasteiger partial charge in [0.1, 0.15) is 22.8 Å². The lowest BCUT2D eigenvalue weighted by Crippen LogP contribution is -2.11. The number of fused-ring (bicyclic) bond motifs is 2. The molecular formula is C28H22F2N8O. The molecule has 0 atom stereocenters. The summed E-state index contributed by atoms with van der Waals surface area (Å²) in [4.78, 5) is 32.7. The molecule has 6 rings (SSSR count). The number of unbranched alkanes of at least 4 members (excludes halogenated alkanes) is 1. The summed E-state index contributed by atoms with van der Waals surface area (Å²) in [6.45, 7) is 2.01. The molecule has 3 N–H and O–H groups in total. The summed E-state index contributed by atoms with van der Waals surface area (Å²) in [7, 11) is 0. The first-order chi connectivity index (χ1) is 19.0. The number of aromatic nitrogens is 7. The van der Waals surface area contributed by atoms with Crippen molar-refractivity contribution in [1.82, 2.24) is 35.1 Å². The number of rotatable bonds is 7. The van der Waals surface area contributed by atoms with Crippen LogP contribution in [0.5, 0.6) is 0 Å². The van der Waals surface area contributed by atoms with E-state index in [1.165, 1.54) is 24.7 Å². The summed E-state index contributed by atoms with van der Waals surface area (Å²) in [6.07, 6.45) is 8.02. The highest BCUT2D eigenvalue weighted by atomic mass is 19.1. The molecule has 39 heavy (non-hydrogen) atoms. The van der Waals surface area contributed by atoms with E-state index in [0.717, 1.165) is 12.8 Å². The predicted molar refractivity (Wildman–Crippen MR) is 144 cm³/mol. The van der Waals surface area contributed by atoms with Gasteiger partial charge in [-0.05, 0) is 24.6 Å². The fraction of sp³-hybridized carbons (Fsp3) is 0.143. The Morgan fingerprint density at radius 2 is 1.87 bits per heavy atom. The molecule has 1 aromatic carbocycles. The van der Waals surface area contributed by atoms with Crippen LogP contribution in [0.4, 0.5) is 14.5 Å². The fourth-order valence-corrected chi connectivity index (χ4v) is 4.46. The van der Waals surface area contributed by atoms with Gasteiger partial charge in [0.25, 0.3) is 0 Å². The molecule has 0 bridgehead atoms. The van der Waals surface area contributed by atoms with Crippen molar-refractivity contribution >= 4 is 33.8 Å². The van der Waals surface area contributed by atoms with E-state index in [0.29, 0.717) is 40.0 Å². The first-order valence-corrected chi connectivity index (χ1v) is 12.4. The Labute approximate surface area is 220 Å². The van der Waals surface area contributed by atoms with Crippen LogP contribution < -0.4 is 5.32 Å². The van der Waals surface area contributed by atoms with E-state index in [1.54, 1.807) is 36.5 Å². The Morgan fingerprint density at radius 1 is 1.00 bits per heavy atom. The lowest BCUT2D eigenvalue weighted by Gasteiger charge is -2.08. The molecule has 1 amide bonds. The largest absolute Gasteiger partial charge is 0.325 e. The number of aromatic amines is 2. The van der Waals surface area contributed by atoms with Gasteiger partial charge in [-0.1, -0.05) is 31.5 Å². The van der Waals surface area contributed by atoms with Crippen molar-refractivity contribution in [3.05, 3.63) is 72.8 Å². The van der Waals surface area contributed by atoms with Gasteiger partial charge >= 0.3 is 0 Å². The minimum absolute atomic E-state index is 0.122. The van der Waals surface area contributed by atoms with Crippen molar-refractivity contribution in [1.29, 1.82) is 0 Å². The van der Waals surface area contributed by atoms with E-state index < -0.39 is 11.6 Å². The number of halogens is 2. The molecule has 0 radical (unpaired) electrons. The third-order valence-electron chi connectivity index (χ3n) is 6.39. The van der Waals surface area contributed by atoms with Crippen molar-refractivity contribution in [2.45, 2.75) is 26.2 Å². The summed E-state index contributed by atoms with van der Waals surface area (Å²) < 4.78 is 30.6. The van der Waals surface area contributed by atoms with Gasteiger partial charge in [0.2, 0.25) is 5.91 Å². The molecule has 9 nitrogen and oxygen atoms in total. The predicted octanol–water partition coefficient (Wildman–Crippen LogP) is 6.03. The van der Waals surface area contributed by atoms with E-state index in [-0.39, 0.29) is 34.0 Å². The fourth-order valence-electron chi connectivity index (χ4n) is 4.46. The maximum Gasteiger partial charge on any atom is 0.224 e. The monoisotopic (exact) mass is 524 g/mol. The number of imidazole rings is 1. The van der Waals surface area contributed by atoms with Crippen LogP contribution in [0, 0.1) is 11.6 Å². The number of H-pyrrole nitrogens is 2. The normalized spacial score (nSPS) is 11.4. The van der Waals surface area contributed by atoms with Gasteiger partial charge in [0, 0.05) is 47.3 Å². The number of nitrogens with one attached hydrogen (secondary N) is 3. The molecule has 0 unspecified atom stereocenters. The summed E-state index contributed by atoms with van der Waals surface area (Å²) in [5, 5.41) is 9.94. The summed E-state index contributed by atoms with van der Waals surface area (Å²) in [5.74, 6) is -0.851. The van der Waals surface area contributed by atoms with Crippen molar-refractivity contribution in [2.24, 2.45) is 0 Å². The van der Waals surface area contributed by atoms with Gasteiger partial charge in [-0.25, -0.2) is 23.7 Å². The number of anilines is 1.